The number of aromatic nitrogens is 3. The summed E-state index contributed by atoms with van der Waals surface area (Å²) in [6, 6.07) is 69.4. The standard InChI is InChI=1S/C51H33N3O/c1-4-14-35(15-5-1)42-22-10-11-23-43(42)36-28-26-34(27-29-36)39-30-31-46-45(33-39)48-44(24-13-25-47(48)55-46)40-20-12-21-41(32-40)51-53-49(37-16-6-2-7-17-37)52-50(54-51)38-18-8-3-9-19-38/h1-33H. The summed E-state index contributed by atoms with van der Waals surface area (Å²) in [5, 5.41) is 2.15. The molecule has 0 saturated heterocycles. The number of nitrogens with zero attached hydrogens (tertiary/aromatic N) is 3. The molecule has 0 atom stereocenters. The fourth-order valence-corrected chi connectivity index (χ4v) is 7.46. The van der Waals surface area contributed by atoms with Gasteiger partial charge in [0.15, 0.2) is 17.5 Å². The van der Waals surface area contributed by atoms with Gasteiger partial charge >= 0.3 is 0 Å². The van der Waals surface area contributed by atoms with Gasteiger partial charge < -0.3 is 4.42 Å². The molecular formula is C51H33N3O. The van der Waals surface area contributed by atoms with Crippen LogP contribution in [-0.4, -0.2) is 15.0 Å². The van der Waals surface area contributed by atoms with E-state index in [0.717, 1.165) is 60.9 Å². The summed E-state index contributed by atoms with van der Waals surface area (Å²) in [4.78, 5) is 14.9. The minimum absolute atomic E-state index is 0.621. The van der Waals surface area contributed by atoms with E-state index in [4.69, 9.17) is 19.4 Å². The first-order chi connectivity index (χ1) is 27.2. The Morgan fingerprint density at radius 3 is 1.36 bits per heavy atom. The van der Waals surface area contributed by atoms with Crippen LogP contribution in [0.5, 0.6) is 0 Å². The molecule has 0 bridgehead atoms. The van der Waals surface area contributed by atoms with Crippen molar-refractivity contribution in [3.8, 4) is 78.7 Å². The van der Waals surface area contributed by atoms with Crippen molar-refractivity contribution in [2.45, 2.75) is 0 Å². The van der Waals surface area contributed by atoms with Gasteiger partial charge in [-0.3, -0.25) is 0 Å². The highest BCUT2D eigenvalue weighted by atomic mass is 16.3. The third-order valence-corrected chi connectivity index (χ3v) is 10.2. The number of hydrogen-bond acceptors (Lipinski definition) is 4. The first-order valence-electron chi connectivity index (χ1n) is 18.4. The van der Waals surface area contributed by atoms with E-state index >= 15 is 0 Å². The van der Waals surface area contributed by atoms with Gasteiger partial charge in [0.25, 0.3) is 0 Å². The normalized spacial score (nSPS) is 11.3. The molecular weight excluding hydrogens is 671 g/mol. The van der Waals surface area contributed by atoms with Gasteiger partial charge in [-0.05, 0) is 68.8 Å². The largest absolute Gasteiger partial charge is 0.456 e. The van der Waals surface area contributed by atoms with Gasteiger partial charge in [-0.15, -0.1) is 0 Å². The molecule has 0 spiro atoms. The maximum Gasteiger partial charge on any atom is 0.164 e. The van der Waals surface area contributed by atoms with Crippen molar-refractivity contribution in [1.29, 1.82) is 0 Å². The zero-order valence-corrected chi connectivity index (χ0v) is 29.8. The van der Waals surface area contributed by atoms with Crippen molar-refractivity contribution in [2.24, 2.45) is 0 Å². The minimum Gasteiger partial charge on any atom is -0.456 e. The maximum atomic E-state index is 6.45. The van der Waals surface area contributed by atoms with Gasteiger partial charge in [0.1, 0.15) is 11.2 Å². The van der Waals surface area contributed by atoms with Crippen LogP contribution in [0.15, 0.2) is 205 Å². The minimum atomic E-state index is 0.621. The molecule has 0 fully saturated rings. The van der Waals surface area contributed by atoms with Crippen LogP contribution in [0.3, 0.4) is 0 Å². The lowest BCUT2D eigenvalue weighted by molar-refractivity contribution is 0.669. The quantitative estimate of drug-likeness (QED) is 0.166. The number of benzene rings is 8. The molecule has 10 aromatic rings. The first kappa shape index (κ1) is 32.2. The second-order valence-electron chi connectivity index (χ2n) is 13.6. The summed E-state index contributed by atoms with van der Waals surface area (Å²) in [6.07, 6.45) is 0. The summed E-state index contributed by atoms with van der Waals surface area (Å²) in [6.45, 7) is 0. The average molecular weight is 704 g/mol. The molecule has 0 aliphatic heterocycles. The lowest BCUT2D eigenvalue weighted by Crippen LogP contribution is -2.00. The molecule has 2 aromatic heterocycles. The molecule has 4 heteroatoms. The van der Waals surface area contributed by atoms with Crippen molar-refractivity contribution < 1.29 is 4.42 Å². The van der Waals surface area contributed by atoms with Crippen LogP contribution in [0.2, 0.25) is 0 Å². The summed E-state index contributed by atoms with van der Waals surface area (Å²) < 4.78 is 6.45. The molecule has 258 valence electrons. The van der Waals surface area contributed by atoms with Crippen LogP contribution in [0.1, 0.15) is 0 Å². The van der Waals surface area contributed by atoms with E-state index in [2.05, 4.69) is 133 Å². The van der Waals surface area contributed by atoms with E-state index in [0.29, 0.717) is 17.5 Å². The molecule has 0 aliphatic carbocycles. The smallest absolute Gasteiger partial charge is 0.164 e. The molecule has 55 heavy (non-hydrogen) atoms. The van der Waals surface area contributed by atoms with E-state index in [1.807, 2.05) is 66.7 Å². The Balaban J connectivity index is 1.04. The molecule has 0 unspecified atom stereocenters. The average Bonchev–Trinajstić information content (AvgIpc) is 3.66. The Kier molecular flexibility index (Phi) is 8.12. The van der Waals surface area contributed by atoms with Crippen LogP contribution < -0.4 is 0 Å². The molecule has 0 aliphatic rings. The highest BCUT2D eigenvalue weighted by Gasteiger charge is 2.17. The fourth-order valence-electron chi connectivity index (χ4n) is 7.46. The Hall–Kier alpha value is -7.43. The predicted octanol–water partition coefficient (Wildman–Crippen LogP) is 13.4. The molecule has 0 radical (unpaired) electrons. The van der Waals surface area contributed by atoms with Crippen LogP contribution in [0, 0.1) is 0 Å². The van der Waals surface area contributed by atoms with E-state index in [9.17, 15) is 0 Å². The summed E-state index contributed by atoms with van der Waals surface area (Å²) in [5.74, 6) is 1.90. The van der Waals surface area contributed by atoms with Crippen molar-refractivity contribution in [3.05, 3.63) is 200 Å². The lowest BCUT2D eigenvalue weighted by atomic mass is 9.93. The number of furan rings is 1. The molecule has 8 aromatic carbocycles. The van der Waals surface area contributed by atoms with Gasteiger partial charge in [0.05, 0.1) is 0 Å². The van der Waals surface area contributed by atoms with Crippen LogP contribution >= 0.6 is 0 Å². The van der Waals surface area contributed by atoms with E-state index in [1.165, 1.54) is 22.3 Å². The summed E-state index contributed by atoms with van der Waals surface area (Å²) >= 11 is 0. The number of rotatable bonds is 7. The second-order valence-corrected chi connectivity index (χ2v) is 13.6. The maximum absolute atomic E-state index is 6.45. The third kappa shape index (κ3) is 6.16. The van der Waals surface area contributed by atoms with Crippen LogP contribution in [-0.2, 0) is 0 Å². The Bertz CT molecular complexity index is 2900. The van der Waals surface area contributed by atoms with E-state index < -0.39 is 0 Å². The van der Waals surface area contributed by atoms with Gasteiger partial charge in [-0.25, -0.2) is 15.0 Å². The monoisotopic (exact) mass is 703 g/mol. The Labute approximate surface area is 319 Å². The zero-order chi connectivity index (χ0) is 36.6. The third-order valence-electron chi connectivity index (χ3n) is 10.2. The van der Waals surface area contributed by atoms with Crippen molar-refractivity contribution in [3.63, 3.8) is 0 Å². The SMILES string of the molecule is c1ccc(-c2nc(-c3ccccc3)nc(-c3cccc(-c4cccc5oc6ccc(-c7ccc(-c8ccccc8-c8ccccc8)cc7)cc6c45)c3)n2)cc1. The highest BCUT2D eigenvalue weighted by Crippen LogP contribution is 2.40. The second kappa shape index (κ2) is 13.8. The Morgan fingerprint density at radius 1 is 0.273 bits per heavy atom. The van der Waals surface area contributed by atoms with E-state index in [1.54, 1.807) is 0 Å². The molecule has 0 saturated carbocycles. The topological polar surface area (TPSA) is 51.8 Å². The molecule has 4 nitrogen and oxygen atoms in total. The first-order valence-corrected chi connectivity index (χ1v) is 18.4. The van der Waals surface area contributed by atoms with E-state index in [-0.39, 0.29) is 0 Å². The van der Waals surface area contributed by atoms with Crippen LogP contribution in [0.25, 0.3) is 101 Å². The van der Waals surface area contributed by atoms with Gasteiger partial charge in [0.2, 0.25) is 0 Å². The number of fused-ring (bicyclic) bond motifs is 3. The van der Waals surface area contributed by atoms with Crippen molar-refractivity contribution in [1.82, 2.24) is 15.0 Å². The van der Waals surface area contributed by atoms with Gasteiger partial charge in [-0.2, -0.15) is 0 Å². The van der Waals surface area contributed by atoms with Crippen molar-refractivity contribution in [2.75, 3.05) is 0 Å². The van der Waals surface area contributed by atoms with Gasteiger partial charge in [0, 0.05) is 27.5 Å². The molecule has 0 N–H and O–H groups in total. The molecule has 2 heterocycles. The predicted molar refractivity (Wildman–Crippen MR) is 225 cm³/mol. The van der Waals surface area contributed by atoms with Crippen LogP contribution in [0.4, 0.5) is 0 Å². The molecule has 10 rings (SSSR count). The van der Waals surface area contributed by atoms with Crippen molar-refractivity contribution >= 4 is 21.9 Å². The molecule has 0 amide bonds. The lowest BCUT2D eigenvalue weighted by Gasteiger charge is -2.11. The highest BCUT2D eigenvalue weighted by molar-refractivity contribution is 6.13. The van der Waals surface area contributed by atoms with Gasteiger partial charge in [-0.1, -0.05) is 176 Å². The number of hydrogen-bond donors (Lipinski definition) is 0. The fraction of sp³-hybridized carbons (Fsp3) is 0. The summed E-state index contributed by atoms with van der Waals surface area (Å²) in [7, 11) is 0. The summed E-state index contributed by atoms with van der Waals surface area (Å²) in [5.41, 5.74) is 13.8. The Morgan fingerprint density at radius 2 is 0.727 bits per heavy atom. The zero-order valence-electron chi connectivity index (χ0n) is 29.8.